The molecule has 0 radical (unpaired) electrons. The average Bonchev–Trinajstić information content (AvgIpc) is 3.17. The third-order valence-corrected chi connectivity index (χ3v) is 4.53. The van der Waals surface area contributed by atoms with Crippen LogP contribution < -0.4 is 10.2 Å². The second kappa shape index (κ2) is 7.86. The standard InChI is InChI=1S/C19H22N4O3/c1-21(19(24)20-16-9-3-5-11-18(16)23(25)26)14-15-8-2-4-10-17(15)22-12-6-7-13-22/h2-5,8-11H,6-7,12-14H2,1H3,(H,20,24). The molecule has 136 valence electrons. The Labute approximate surface area is 152 Å². The fourth-order valence-electron chi connectivity index (χ4n) is 3.19. The predicted molar refractivity (Wildman–Crippen MR) is 101 cm³/mol. The van der Waals surface area contributed by atoms with Gasteiger partial charge in [0.2, 0.25) is 0 Å². The maximum absolute atomic E-state index is 12.5. The largest absolute Gasteiger partial charge is 0.371 e. The lowest BCUT2D eigenvalue weighted by Crippen LogP contribution is -2.32. The van der Waals surface area contributed by atoms with Crippen molar-refractivity contribution in [3.8, 4) is 0 Å². The molecular weight excluding hydrogens is 332 g/mol. The van der Waals surface area contributed by atoms with Crippen LogP contribution in [0.2, 0.25) is 0 Å². The van der Waals surface area contributed by atoms with E-state index in [1.54, 1.807) is 19.2 Å². The topological polar surface area (TPSA) is 78.7 Å². The molecule has 1 heterocycles. The van der Waals surface area contributed by atoms with Crippen LogP contribution in [0.5, 0.6) is 0 Å². The maximum atomic E-state index is 12.5. The summed E-state index contributed by atoms with van der Waals surface area (Å²) in [6.45, 7) is 2.49. The van der Waals surface area contributed by atoms with Crippen LogP contribution in [-0.2, 0) is 6.54 Å². The summed E-state index contributed by atoms with van der Waals surface area (Å²) in [5.41, 5.74) is 2.29. The minimum atomic E-state index is -0.502. The third-order valence-electron chi connectivity index (χ3n) is 4.53. The molecule has 1 N–H and O–H groups in total. The van der Waals surface area contributed by atoms with Crippen LogP contribution in [0.15, 0.2) is 48.5 Å². The zero-order valence-corrected chi connectivity index (χ0v) is 14.7. The van der Waals surface area contributed by atoms with E-state index in [9.17, 15) is 14.9 Å². The molecule has 0 spiro atoms. The highest BCUT2D eigenvalue weighted by molar-refractivity contribution is 5.91. The molecule has 2 aromatic rings. The quantitative estimate of drug-likeness (QED) is 0.653. The molecule has 0 saturated carbocycles. The van der Waals surface area contributed by atoms with Crippen LogP contribution in [0.3, 0.4) is 0 Å². The Hall–Kier alpha value is -3.09. The number of anilines is 2. The van der Waals surface area contributed by atoms with Crippen molar-refractivity contribution in [2.75, 3.05) is 30.4 Å². The average molecular weight is 354 g/mol. The lowest BCUT2D eigenvalue weighted by molar-refractivity contribution is -0.383. The van der Waals surface area contributed by atoms with Gasteiger partial charge in [-0.3, -0.25) is 10.1 Å². The fraction of sp³-hybridized carbons (Fsp3) is 0.316. The molecule has 1 fully saturated rings. The number of amides is 2. The molecule has 0 atom stereocenters. The number of hydrogen-bond donors (Lipinski definition) is 1. The first-order valence-corrected chi connectivity index (χ1v) is 8.64. The molecule has 1 saturated heterocycles. The minimum absolute atomic E-state index is 0.119. The van der Waals surface area contributed by atoms with Crippen LogP contribution in [0.25, 0.3) is 0 Å². The van der Waals surface area contributed by atoms with Crippen LogP contribution in [0.1, 0.15) is 18.4 Å². The van der Waals surface area contributed by atoms with Gasteiger partial charge in [-0.15, -0.1) is 0 Å². The fourth-order valence-corrected chi connectivity index (χ4v) is 3.19. The van der Waals surface area contributed by atoms with Gasteiger partial charge in [0.15, 0.2) is 0 Å². The van der Waals surface area contributed by atoms with Gasteiger partial charge in [-0.25, -0.2) is 4.79 Å². The summed E-state index contributed by atoms with van der Waals surface area (Å²) in [5, 5.41) is 13.7. The van der Waals surface area contributed by atoms with Gasteiger partial charge in [0.25, 0.3) is 5.69 Å². The number of hydrogen-bond acceptors (Lipinski definition) is 4. The van der Waals surface area contributed by atoms with Crippen molar-refractivity contribution < 1.29 is 9.72 Å². The van der Waals surface area contributed by atoms with Crippen molar-refractivity contribution in [3.05, 3.63) is 64.2 Å². The highest BCUT2D eigenvalue weighted by Gasteiger charge is 2.19. The number of nitrogens with one attached hydrogen (secondary N) is 1. The first-order chi connectivity index (χ1) is 12.6. The Morgan fingerprint density at radius 3 is 2.54 bits per heavy atom. The monoisotopic (exact) mass is 354 g/mol. The van der Waals surface area contributed by atoms with E-state index in [0.29, 0.717) is 6.54 Å². The lowest BCUT2D eigenvalue weighted by Gasteiger charge is -2.24. The molecular formula is C19H22N4O3. The smallest absolute Gasteiger partial charge is 0.322 e. The molecule has 0 unspecified atom stereocenters. The Bertz CT molecular complexity index is 803. The number of para-hydroxylation sites is 3. The van der Waals surface area contributed by atoms with E-state index in [-0.39, 0.29) is 17.4 Å². The second-order valence-corrected chi connectivity index (χ2v) is 6.38. The van der Waals surface area contributed by atoms with E-state index in [2.05, 4.69) is 16.3 Å². The van der Waals surface area contributed by atoms with Gasteiger partial charge in [-0.1, -0.05) is 30.3 Å². The van der Waals surface area contributed by atoms with Gasteiger partial charge in [0.1, 0.15) is 5.69 Å². The van der Waals surface area contributed by atoms with Gasteiger partial charge in [-0.05, 0) is 30.5 Å². The number of urea groups is 1. The van der Waals surface area contributed by atoms with E-state index in [1.165, 1.54) is 29.9 Å². The summed E-state index contributed by atoms with van der Waals surface area (Å²) in [4.78, 5) is 27.0. The zero-order valence-electron chi connectivity index (χ0n) is 14.7. The number of rotatable bonds is 5. The summed E-state index contributed by atoms with van der Waals surface area (Å²) in [6.07, 6.45) is 2.37. The first-order valence-electron chi connectivity index (χ1n) is 8.64. The highest BCUT2D eigenvalue weighted by atomic mass is 16.6. The van der Waals surface area contributed by atoms with E-state index in [1.807, 2.05) is 18.2 Å². The summed E-state index contributed by atoms with van der Waals surface area (Å²) < 4.78 is 0. The van der Waals surface area contributed by atoms with Gasteiger partial charge < -0.3 is 15.1 Å². The maximum Gasteiger partial charge on any atom is 0.322 e. The van der Waals surface area contributed by atoms with E-state index in [0.717, 1.165) is 24.3 Å². The Kier molecular flexibility index (Phi) is 5.36. The third kappa shape index (κ3) is 3.93. The molecule has 1 aliphatic rings. The van der Waals surface area contributed by atoms with Crippen molar-refractivity contribution in [1.29, 1.82) is 0 Å². The molecule has 7 heteroatoms. The van der Waals surface area contributed by atoms with E-state index < -0.39 is 4.92 Å². The van der Waals surface area contributed by atoms with E-state index >= 15 is 0 Å². The zero-order chi connectivity index (χ0) is 18.5. The molecule has 0 aliphatic carbocycles. The van der Waals surface area contributed by atoms with Crippen LogP contribution in [0.4, 0.5) is 21.9 Å². The van der Waals surface area contributed by atoms with Crippen molar-refractivity contribution >= 4 is 23.1 Å². The number of carbonyl (C=O) groups is 1. The molecule has 0 bridgehead atoms. The molecule has 0 aromatic heterocycles. The number of nitro groups is 1. The summed E-state index contributed by atoms with van der Waals surface area (Å²) in [7, 11) is 1.69. The number of carbonyl (C=O) groups excluding carboxylic acids is 1. The molecule has 2 amide bonds. The van der Waals surface area contributed by atoms with Gasteiger partial charge in [-0.2, -0.15) is 0 Å². The normalized spacial score (nSPS) is 13.5. The van der Waals surface area contributed by atoms with Crippen molar-refractivity contribution in [1.82, 2.24) is 4.90 Å². The molecule has 7 nitrogen and oxygen atoms in total. The molecule has 2 aromatic carbocycles. The Morgan fingerprint density at radius 1 is 1.15 bits per heavy atom. The Balaban J connectivity index is 1.72. The van der Waals surface area contributed by atoms with Crippen LogP contribution >= 0.6 is 0 Å². The predicted octanol–water partition coefficient (Wildman–Crippen LogP) is 3.86. The van der Waals surface area contributed by atoms with Crippen molar-refractivity contribution in [3.63, 3.8) is 0 Å². The number of nitro benzene ring substituents is 1. The molecule has 3 rings (SSSR count). The van der Waals surface area contributed by atoms with Gasteiger partial charge in [0.05, 0.1) is 4.92 Å². The minimum Gasteiger partial charge on any atom is -0.371 e. The first kappa shape index (κ1) is 17.7. The number of nitrogens with zero attached hydrogens (tertiary/aromatic N) is 3. The molecule has 1 aliphatic heterocycles. The highest BCUT2D eigenvalue weighted by Crippen LogP contribution is 2.26. The van der Waals surface area contributed by atoms with E-state index in [4.69, 9.17) is 0 Å². The van der Waals surface area contributed by atoms with Crippen LogP contribution in [0, 0.1) is 10.1 Å². The lowest BCUT2D eigenvalue weighted by atomic mass is 10.1. The Morgan fingerprint density at radius 2 is 1.81 bits per heavy atom. The summed E-state index contributed by atoms with van der Waals surface area (Å²) in [5.74, 6) is 0. The van der Waals surface area contributed by atoms with Crippen molar-refractivity contribution in [2.24, 2.45) is 0 Å². The number of benzene rings is 2. The van der Waals surface area contributed by atoms with Crippen molar-refractivity contribution in [2.45, 2.75) is 19.4 Å². The molecule has 26 heavy (non-hydrogen) atoms. The van der Waals surface area contributed by atoms with Gasteiger partial charge in [0, 0.05) is 38.4 Å². The second-order valence-electron chi connectivity index (χ2n) is 6.38. The summed E-state index contributed by atoms with van der Waals surface area (Å²) in [6, 6.07) is 13.8. The SMILES string of the molecule is CN(Cc1ccccc1N1CCCC1)C(=O)Nc1ccccc1[N+](=O)[O-]. The van der Waals surface area contributed by atoms with Crippen LogP contribution in [-0.4, -0.2) is 36.0 Å². The van der Waals surface area contributed by atoms with Gasteiger partial charge >= 0.3 is 6.03 Å². The summed E-state index contributed by atoms with van der Waals surface area (Å²) >= 11 is 0.